The summed E-state index contributed by atoms with van der Waals surface area (Å²) in [5.74, 6) is -2.14. The molecule has 1 atom stereocenters. The van der Waals surface area contributed by atoms with E-state index < -0.39 is 29.5 Å². The van der Waals surface area contributed by atoms with E-state index in [2.05, 4.69) is 5.32 Å². The van der Waals surface area contributed by atoms with Crippen LogP contribution < -0.4 is 11.1 Å². The van der Waals surface area contributed by atoms with Crippen LogP contribution in [0.3, 0.4) is 0 Å². The van der Waals surface area contributed by atoms with Crippen LogP contribution in [-0.2, 0) is 16.0 Å². The molecule has 0 unspecified atom stereocenters. The van der Waals surface area contributed by atoms with Gasteiger partial charge in [0.2, 0.25) is 11.8 Å². The van der Waals surface area contributed by atoms with E-state index in [9.17, 15) is 18.4 Å². The summed E-state index contributed by atoms with van der Waals surface area (Å²) < 4.78 is 26.2. The van der Waals surface area contributed by atoms with Gasteiger partial charge in [0, 0.05) is 6.07 Å². The zero-order valence-electron chi connectivity index (χ0n) is 10.9. The van der Waals surface area contributed by atoms with Gasteiger partial charge in [0.05, 0.1) is 6.42 Å². The number of benzene rings is 1. The molecule has 20 heavy (non-hydrogen) atoms. The summed E-state index contributed by atoms with van der Waals surface area (Å²) in [4.78, 5) is 23.0. The summed E-state index contributed by atoms with van der Waals surface area (Å²) in [5, 5.41) is 2.50. The molecule has 1 saturated carbocycles. The Morgan fingerprint density at radius 3 is 2.60 bits per heavy atom. The second-order valence-corrected chi connectivity index (χ2v) is 5.11. The lowest BCUT2D eigenvalue weighted by Gasteiger charge is -2.15. The lowest BCUT2D eigenvalue weighted by atomic mass is 10.1. The zero-order chi connectivity index (χ0) is 14.7. The van der Waals surface area contributed by atoms with Crippen LogP contribution in [0.15, 0.2) is 18.2 Å². The van der Waals surface area contributed by atoms with E-state index in [1.807, 2.05) is 0 Å². The molecule has 0 radical (unpaired) electrons. The van der Waals surface area contributed by atoms with Gasteiger partial charge in [-0.05, 0) is 24.0 Å². The highest BCUT2D eigenvalue weighted by Gasteiger charge is 2.29. The number of halogens is 2. The zero-order valence-corrected chi connectivity index (χ0v) is 10.9. The van der Waals surface area contributed by atoms with Gasteiger partial charge in [0.1, 0.15) is 17.7 Å². The topological polar surface area (TPSA) is 72.2 Å². The number of nitrogens with two attached hydrogens (primary N) is 1. The molecule has 1 aromatic carbocycles. The number of carbonyl (C=O) groups excluding carboxylic acids is 2. The van der Waals surface area contributed by atoms with E-state index in [0.29, 0.717) is 12.3 Å². The summed E-state index contributed by atoms with van der Waals surface area (Å²) in [7, 11) is 0. The first kappa shape index (κ1) is 14.4. The normalized spacial score (nSPS) is 15.7. The van der Waals surface area contributed by atoms with E-state index in [1.165, 1.54) is 6.07 Å². The molecule has 1 aromatic rings. The first-order valence-electron chi connectivity index (χ1n) is 6.48. The summed E-state index contributed by atoms with van der Waals surface area (Å²) in [6.45, 7) is 0. The smallest absolute Gasteiger partial charge is 0.240 e. The van der Waals surface area contributed by atoms with E-state index >= 15 is 0 Å². The third kappa shape index (κ3) is 4.01. The largest absolute Gasteiger partial charge is 0.368 e. The second-order valence-electron chi connectivity index (χ2n) is 5.11. The number of nitrogens with one attached hydrogen (secondary N) is 1. The van der Waals surface area contributed by atoms with Crippen LogP contribution in [0.5, 0.6) is 0 Å². The van der Waals surface area contributed by atoms with Gasteiger partial charge in [-0.15, -0.1) is 0 Å². The van der Waals surface area contributed by atoms with Gasteiger partial charge in [-0.1, -0.05) is 18.9 Å². The molecule has 1 aliphatic carbocycles. The van der Waals surface area contributed by atoms with Crippen molar-refractivity contribution in [2.75, 3.05) is 0 Å². The number of amides is 2. The lowest BCUT2D eigenvalue weighted by Crippen LogP contribution is -2.45. The van der Waals surface area contributed by atoms with E-state index in [0.717, 1.165) is 25.0 Å². The molecule has 0 spiro atoms. The van der Waals surface area contributed by atoms with Gasteiger partial charge in [-0.3, -0.25) is 9.59 Å². The Hall–Kier alpha value is -1.98. The molecule has 1 fully saturated rings. The molecule has 6 heteroatoms. The Bertz CT molecular complexity index is 530. The van der Waals surface area contributed by atoms with Crippen molar-refractivity contribution < 1.29 is 18.4 Å². The van der Waals surface area contributed by atoms with Gasteiger partial charge >= 0.3 is 0 Å². The lowest BCUT2D eigenvalue weighted by molar-refractivity contribution is -0.127. The number of primary amides is 1. The minimum Gasteiger partial charge on any atom is -0.368 e. The Balaban J connectivity index is 1.94. The predicted molar refractivity (Wildman–Crippen MR) is 68.5 cm³/mol. The minimum absolute atomic E-state index is 0.0820. The molecule has 3 N–H and O–H groups in total. The fourth-order valence-electron chi connectivity index (χ4n) is 2.02. The van der Waals surface area contributed by atoms with Crippen molar-refractivity contribution in [1.82, 2.24) is 5.32 Å². The van der Waals surface area contributed by atoms with Gasteiger partial charge < -0.3 is 11.1 Å². The molecule has 108 valence electrons. The predicted octanol–water partition coefficient (Wildman–Crippen LogP) is 1.28. The van der Waals surface area contributed by atoms with Crippen LogP contribution in [0.4, 0.5) is 8.78 Å². The van der Waals surface area contributed by atoms with Crippen LogP contribution >= 0.6 is 0 Å². The van der Waals surface area contributed by atoms with Crippen molar-refractivity contribution in [2.45, 2.75) is 31.7 Å². The van der Waals surface area contributed by atoms with Crippen molar-refractivity contribution in [2.24, 2.45) is 11.7 Å². The quantitative estimate of drug-likeness (QED) is 0.825. The number of rotatable bonds is 6. The van der Waals surface area contributed by atoms with Crippen LogP contribution in [0.2, 0.25) is 0 Å². The summed E-state index contributed by atoms with van der Waals surface area (Å²) >= 11 is 0. The van der Waals surface area contributed by atoms with Gasteiger partial charge in [0.15, 0.2) is 0 Å². The average molecular weight is 282 g/mol. The van der Waals surface area contributed by atoms with Crippen molar-refractivity contribution in [1.29, 1.82) is 0 Å². The van der Waals surface area contributed by atoms with Crippen LogP contribution in [0.25, 0.3) is 0 Å². The van der Waals surface area contributed by atoms with E-state index in [4.69, 9.17) is 5.73 Å². The molecule has 0 heterocycles. The molecule has 0 saturated heterocycles. The van der Waals surface area contributed by atoms with Crippen molar-refractivity contribution in [3.05, 3.63) is 35.4 Å². The first-order valence-corrected chi connectivity index (χ1v) is 6.48. The number of carbonyl (C=O) groups is 2. The fourth-order valence-corrected chi connectivity index (χ4v) is 2.02. The molecule has 2 amide bonds. The second kappa shape index (κ2) is 5.98. The van der Waals surface area contributed by atoms with Crippen molar-refractivity contribution in [3.63, 3.8) is 0 Å². The van der Waals surface area contributed by atoms with E-state index in [1.54, 1.807) is 0 Å². The highest BCUT2D eigenvalue weighted by atomic mass is 19.1. The maximum atomic E-state index is 13.4. The van der Waals surface area contributed by atoms with Gasteiger partial charge in [0.25, 0.3) is 0 Å². The molecule has 1 aliphatic rings. The van der Waals surface area contributed by atoms with Crippen LogP contribution in [0.1, 0.15) is 24.8 Å². The summed E-state index contributed by atoms with van der Waals surface area (Å²) in [6, 6.07) is 2.29. The van der Waals surface area contributed by atoms with E-state index in [-0.39, 0.29) is 12.0 Å². The molecule has 4 nitrogen and oxygen atoms in total. The van der Waals surface area contributed by atoms with Crippen molar-refractivity contribution in [3.8, 4) is 0 Å². The maximum absolute atomic E-state index is 13.4. The molecule has 2 rings (SSSR count). The third-order valence-electron chi connectivity index (χ3n) is 3.31. The van der Waals surface area contributed by atoms with Crippen LogP contribution in [-0.4, -0.2) is 17.9 Å². The summed E-state index contributed by atoms with van der Waals surface area (Å²) in [6.07, 6.45) is 2.34. The number of hydrogen-bond acceptors (Lipinski definition) is 2. The molecule has 0 bridgehead atoms. The first-order chi connectivity index (χ1) is 9.45. The van der Waals surface area contributed by atoms with Gasteiger partial charge in [-0.2, -0.15) is 0 Å². The fraction of sp³-hybridized carbons (Fsp3) is 0.429. The maximum Gasteiger partial charge on any atom is 0.240 e. The molecule has 0 aliphatic heterocycles. The summed E-state index contributed by atoms with van der Waals surface area (Å²) in [5.41, 5.74) is 5.31. The Kier molecular flexibility index (Phi) is 4.32. The standard InChI is InChI=1S/C14H16F2N2O2/c15-10-4-3-9(11(16)7-10)6-13(19)18-12(14(17)20)5-8-1-2-8/h3-4,7-8,12H,1-2,5-6H2,(H2,17,20)(H,18,19)/t12-/m1/s1. The molecular weight excluding hydrogens is 266 g/mol. The highest BCUT2D eigenvalue weighted by molar-refractivity contribution is 5.87. The number of hydrogen-bond donors (Lipinski definition) is 2. The van der Waals surface area contributed by atoms with Crippen LogP contribution in [0, 0.1) is 17.6 Å². The monoisotopic (exact) mass is 282 g/mol. The SMILES string of the molecule is NC(=O)[C@@H](CC1CC1)NC(=O)Cc1ccc(F)cc1F. The average Bonchev–Trinajstić information content (AvgIpc) is 3.16. The Labute approximate surface area is 115 Å². The van der Waals surface area contributed by atoms with Crippen molar-refractivity contribution >= 4 is 11.8 Å². The molecular formula is C14H16F2N2O2. The molecule has 0 aromatic heterocycles. The Morgan fingerprint density at radius 2 is 2.05 bits per heavy atom. The highest BCUT2D eigenvalue weighted by Crippen LogP contribution is 2.33. The third-order valence-corrected chi connectivity index (χ3v) is 3.31. The Morgan fingerprint density at radius 1 is 1.35 bits per heavy atom. The van der Waals surface area contributed by atoms with Gasteiger partial charge in [-0.25, -0.2) is 8.78 Å². The minimum atomic E-state index is -0.780.